The van der Waals surface area contributed by atoms with E-state index in [2.05, 4.69) is 4.90 Å². The third-order valence-electron chi connectivity index (χ3n) is 3.22. The van der Waals surface area contributed by atoms with Crippen LogP contribution in [-0.2, 0) is 0 Å². The molecule has 0 N–H and O–H groups in total. The van der Waals surface area contributed by atoms with Crippen LogP contribution in [0, 0.1) is 20.2 Å². The number of nitro benzene ring substituents is 2. The van der Waals surface area contributed by atoms with E-state index in [1.54, 1.807) is 6.07 Å². The fraction of sp³-hybridized carbons (Fsp3) is 0.455. The van der Waals surface area contributed by atoms with Crippen molar-refractivity contribution in [3.8, 4) is 0 Å². The van der Waals surface area contributed by atoms with Crippen molar-refractivity contribution in [3.05, 3.63) is 38.4 Å². The predicted octanol–water partition coefficient (Wildman–Crippen LogP) is 1.25. The van der Waals surface area contributed by atoms with Crippen molar-refractivity contribution < 1.29 is 9.85 Å². The Morgan fingerprint density at radius 3 is 2.11 bits per heavy atom. The van der Waals surface area contributed by atoms with Crippen LogP contribution < -0.4 is 4.90 Å². The standard InChI is InChI=1S/C11H14N4O4/c1-12-4-6-13(7-5-12)9-2-3-10(14(16)17)11(8-9)15(18)19/h2-3,8H,4-7H2,1H3. The molecule has 0 bridgehead atoms. The molecule has 0 spiro atoms. The van der Waals surface area contributed by atoms with Gasteiger partial charge in [0, 0.05) is 44.0 Å². The van der Waals surface area contributed by atoms with Crippen LogP contribution in [-0.4, -0.2) is 48.0 Å². The van der Waals surface area contributed by atoms with Crippen molar-refractivity contribution >= 4 is 17.1 Å². The highest BCUT2D eigenvalue weighted by Crippen LogP contribution is 2.31. The third kappa shape index (κ3) is 2.79. The topological polar surface area (TPSA) is 92.8 Å². The molecule has 0 atom stereocenters. The first-order valence-electron chi connectivity index (χ1n) is 5.85. The van der Waals surface area contributed by atoms with E-state index in [0.717, 1.165) is 26.2 Å². The molecule has 1 aliphatic rings. The van der Waals surface area contributed by atoms with Gasteiger partial charge in [-0.05, 0) is 13.1 Å². The summed E-state index contributed by atoms with van der Waals surface area (Å²) in [5.41, 5.74) is -0.269. The number of anilines is 1. The molecule has 0 amide bonds. The summed E-state index contributed by atoms with van der Waals surface area (Å²) in [6, 6.07) is 4.05. The first kappa shape index (κ1) is 13.2. The van der Waals surface area contributed by atoms with E-state index in [-0.39, 0.29) is 0 Å². The second-order valence-corrected chi connectivity index (χ2v) is 4.48. The van der Waals surface area contributed by atoms with Crippen molar-refractivity contribution in [2.24, 2.45) is 0 Å². The molecule has 1 aliphatic heterocycles. The smallest absolute Gasteiger partial charge is 0.348 e. The molecule has 0 radical (unpaired) electrons. The number of likely N-dealkylation sites (N-methyl/N-ethyl adjacent to an activating group) is 1. The summed E-state index contributed by atoms with van der Waals surface area (Å²) >= 11 is 0. The summed E-state index contributed by atoms with van der Waals surface area (Å²) in [7, 11) is 2.01. The monoisotopic (exact) mass is 266 g/mol. The minimum atomic E-state index is -0.730. The quantitative estimate of drug-likeness (QED) is 0.604. The number of nitrogens with zero attached hydrogens (tertiary/aromatic N) is 4. The number of nitro groups is 2. The van der Waals surface area contributed by atoms with E-state index >= 15 is 0 Å². The Balaban J connectivity index is 2.30. The molecule has 8 nitrogen and oxygen atoms in total. The minimum Gasteiger partial charge on any atom is -0.369 e. The lowest BCUT2D eigenvalue weighted by atomic mass is 10.2. The second-order valence-electron chi connectivity index (χ2n) is 4.48. The van der Waals surface area contributed by atoms with E-state index < -0.39 is 21.2 Å². The first-order valence-corrected chi connectivity index (χ1v) is 5.85. The molecule has 102 valence electrons. The predicted molar refractivity (Wildman–Crippen MR) is 69.5 cm³/mol. The summed E-state index contributed by atoms with van der Waals surface area (Å²) < 4.78 is 0. The fourth-order valence-electron chi connectivity index (χ4n) is 2.07. The molecule has 1 aromatic carbocycles. The fourth-order valence-corrected chi connectivity index (χ4v) is 2.07. The van der Waals surface area contributed by atoms with Crippen molar-refractivity contribution in [2.75, 3.05) is 38.1 Å². The molecule has 8 heteroatoms. The zero-order valence-electron chi connectivity index (χ0n) is 10.5. The van der Waals surface area contributed by atoms with Crippen molar-refractivity contribution in [1.29, 1.82) is 0 Å². The van der Waals surface area contributed by atoms with Crippen LogP contribution in [0.2, 0.25) is 0 Å². The SMILES string of the molecule is CN1CCN(c2ccc([N+](=O)[O-])c([N+](=O)[O-])c2)CC1. The Kier molecular flexibility index (Phi) is 3.61. The van der Waals surface area contributed by atoms with Crippen LogP contribution in [0.25, 0.3) is 0 Å². The Hall–Kier alpha value is -2.22. The van der Waals surface area contributed by atoms with Crippen LogP contribution in [0.1, 0.15) is 0 Å². The van der Waals surface area contributed by atoms with E-state index in [1.165, 1.54) is 12.1 Å². The molecular weight excluding hydrogens is 252 g/mol. The number of piperazine rings is 1. The zero-order chi connectivity index (χ0) is 14.0. The van der Waals surface area contributed by atoms with Gasteiger partial charge in [-0.15, -0.1) is 0 Å². The molecule has 0 aliphatic carbocycles. The maximum absolute atomic E-state index is 10.9. The van der Waals surface area contributed by atoms with Gasteiger partial charge in [0.2, 0.25) is 0 Å². The first-order chi connectivity index (χ1) is 8.99. The lowest BCUT2D eigenvalue weighted by Crippen LogP contribution is -2.44. The van der Waals surface area contributed by atoms with Gasteiger partial charge in [0.15, 0.2) is 0 Å². The normalized spacial score (nSPS) is 16.4. The maximum atomic E-state index is 10.9. The molecule has 19 heavy (non-hydrogen) atoms. The van der Waals surface area contributed by atoms with E-state index in [9.17, 15) is 20.2 Å². The Bertz CT molecular complexity index is 511. The summed E-state index contributed by atoms with van der Waals surface area (Å²) in [6.45, 7) is 3.24. The zero-order valence-corrected chi connectivity index (χ0v) is 10.5. The number of hydrogen-bond donors (Lipinski definition) is 0. The van der Waals surface area contributed by atoms with Gasteiger partial charge < -0.3 is 9.80 Å². The Labute approximate surface area is 109 Å². The van der Waals surface area contributed by atoms with Crippen LogP contribution in [0.5, 0.6) is 0 Å². The molecular formula is C11H14N4O4. The summed E-state index contributed by atoms with van der Waals surface area (Å²) in [4.78, 5) is 24.3. The van der Waals surface area contributed by atoms with Crippen LogP contribution in [0.4, 0.5) is 17.1 Å². The van der Waals surface area contributed by atoms with Crippen molar-refractivity contribution in [2.45, 2.75) is 0 Å². The molecule has 0 saturated carbocycles. The molecule has 2 rings (SSSR count). The van der Waals surface area contributed by atoms with Gasteiger partial charge in [-0.25, -0.2) is 0 Å². The van der Waals surface area contributed by atoms with Gasteiger partial charge in [0.1, 0.15) is 0 Å². The lowest BCUT2D eigenvalue weighted by Gasteiger charge is -2.33. The Morgan fingerprint density at radius 2 is 1.58 bits per heavy atom. The van der Waals surface area contributed by atoms with E-state index in [1.807, 2.05) is 11.9 Å². The summed E-state index contributed by atoms with van der Waals surface area (Å²) in [5, 5.41) is 21.6. The van der Waals surface area contributed by atoms with E-state index in [4.69, 9.17) is 0 Å². The third-order valence-corrected chi connectivity index (χ3v) is 3.22. The number of hydrogen-bond acceptors (Lipinski definition) is 6. The van der Waals surface area contributed by atoms with Gasteiger partial charge >= 0.3 is 11.4 Å². The summed E-state index contributed by atoms with van der Waals surface area (Å²) in [6.07, 6.45) is 0. The largest absolute Gasteiger partial charge is 0.369 e. The average molecular weight is 266 g/mol. The molecule has 0 unspecified atom stereocenters. The highest BCUT2D eigenvalue weighted by Gasteiger charge is 2.26. The summed E-state index contributed by atoms with van der Waals surface area (Å²) in [5.74, 6) is 0. The molecule has 1 aromatic rings. The molecule has 1 saturated heterocycles. The van der Waals surface area contributed by atoms with Crippen LogP contribution in [0.3, 0.4) is 0 Å². The van der Waals surface area contributed by atoms with Gasteiger partial charge in [-0.3, -0.25) is 20.2 Å². The number of benzene rings is 1. The van der Waals surface area contributed by atoms with Gasteiger partial charge in [0.05, 0.1) is 9.85 Å². The second kappa shape index (κ2) is 5.19. The highest BCUT2D eigenvalue weighted by atomic mass is 16.6. The Morgan fingerprint density at radius 1 is 1.00 bits per heavy atom. The van der Waals surface area contributed by atoms with Gasteiger partial charge in [0.25, 0.3) is 0 Å². The van der Waals surface area contributed by atoms with Crippen molar-refractivity contribution in [1.82, 2.24) is 4.90 Å². The van der Waals surface area contributed by atoms with Gasteiger partial charge in [-0.1, -0.05) is 0 Å². The lowest BCUT2D eigenvalue weighted by molar-refractivity contribution is -0.422. The molecule has 0 aromatic heterocycles. The number of rotatable bonds is 3. The highest BCUT2D eigenvalue weighted by molar-refractivity contribution is 5.63. The molecule has 1 fully saturated rings. The van der Waals surface area contributed by atoms with Crippen LogP contribution in [0.15, 0.2) is 18.2 Å². The van der Waals surface area contributed by atoms with Gasteiger partial charge in [-0.2, -0.15) is 0 Å². The maximum Gasteiger partial charge on any atom is 0.348 e. The van der Waals surface area contributed by atoms with Crippen LogP contribution >= 0.6 is 0 Å². The average Bonchev–Trinajstić information content (AvgIpc) is 2.38. The molecule has 1 heterocycles. The van der Waals surface area contributed by atoms with Crippen molar-refractivity contribution in [3.63, 3.8) is 0 Å². The van der Waals surface area contributed by atoms with E-state index in [0.29, 0.717) is 5.69 Å². The minimum absolute atomic E-state index is 0.457.